The molecule has 0 spiro atoms. The van der Waals surface area contributed by atoms with Crippen LogP contribution < -0.4 is 17.0 Å². The van der Waals surface area contributed by atoms with E-state index in [1.54, 1.807) is 24.1 Å². The van der Waals surface area contributed by atoms with Crippen molar-refractivity contribution in [3.05, 3.63) is 28.7 Å². The Morgan fingerprint density at radius 2 is 2.10 bits per heavy atom. The maximum absolute atomic E-state index is 6.28. The minimum absolute atomic E-state index is 0.365. The van der Waals surface area contributed by atoms with Gasteiger partial charge in [0, 0.05) is 19.2 Å². The van der Waals surface area contributed by atoms with Gasteiger partial charge in [0.05, 0.1) is 35.7 Å². The van der Waals surface area contributed by atoms with E-state index in [-0.39, 0.29) is 6.04 Å². The first-order chi connectivity index (χ1) is 9.95. The molecule has 0 saturated heterocycles. The third-order valence-corrected chi connectivity index (χ3v) is 3.65. The number of hydrogen-bond acceptors (Lipinski definition) is 6. The molecule has 116 valence electrons. The summed E-state index contributed by atoms with van der Waals surface area (Å²) in [5.41, 5.74) is 10.3. The molecule has 0 fully saturated rings. The van der Waals surface area contributed by atoms with E-state index >= 15 is 0 Å². The Balaban J connectivity index is 2.38. The molecule has 9 heteroatoms. The minimum atomic E-state index is -0.365. The normalized spacial score (nSPS) is 13.0. The fraction of sp³-hybridized carbons (Fsp3) is 0.500. The highest BCUT2D eigenvalue weighted by Gasteiger charge is 2.24. The highest BCUT2D eigenvalue weighted by atomic mass is 35.5. The Labute approximate surface area is 128 Å². The van der Waals surface area contributed by atoms with Crippen molar-refractivity contribution < 1.29 is 0 Å². The third kappa shape index (κ3) is 3.18. The molecule has 2 aromatic rings. The van der Waals surface area contributed by atoms with Crippen molar-refractivity contribution in [3.8, 4) is 0 Å². The van der Waals surface area contributed by atoms with E-state index in [0.29, 0.717) is 17.4 Å². The SMILES string of the molecule is CN(C)CCn1ncc(Cl)c1C(NN)c1cnn(C)c1N. The van der Waals surface area contributed by atoms with Gasteiger partial charge in [0.25, 0.3) is 0 Å². The number of nitrogens with two attached hydrogens (primary N) is 2. The Kier molecular flexibility index (Phi) is 4.84. The van der Waals surface area contributed by atoms with Crippen LogP contribution in [-0.2, 0) is 13.6 Å². The second kappa shape index (κ2) is 6.44. The van der Waals surface area contributed by atoms with Crippen LogP contribution in [-0.4, -0.2) is 45.1 Å². The monoisotopic (exact) mass is 312 g/mol. The lowest BCUT2D eigenvalue weighted by Gasteiger charge is -2.19. The number of aryl methyl sites for hydroxylation is 1. The maximum Gasteiger partial charge on any atom is 0.126 e. The molecule has 0 saturated carbocycles. The summed E-state index contributed by atoms with van der Waals surface area (Å²) in [6, 6.07) is -0.365. The van der Waals surface area contributed by atoms with Crippen LogP contribution >= 0.6 is 11.6 Å². The summed E-state index contributed by atoms with van der Waals surface area (Å²) >= 11 is 6.28. The van der Waals surface area contributed by atoms with E-state index in [1.165, 1.54) is 0 Å². The number of hydrogen-bond donors (Lipinski definition) is 3. The summed E-state index contributed by atoms with van der Waals surface area (Å²) in [5, 5.41) is 9.00. The first kappa shape index (κ1) is 15.8. The number of likely N-dealkylation sites (N-methyl/N-ethyl adjacent to an activating group) is 1. The van der Waals surface area contributed by atoms with E-state index in [4.69, 9.17) is 23.2 Å². The molecular weight excluding hydrogens is 292 g/mol. The van der Waals surface area contributed by atoms with Gasteiger partial charge in [0.2, 0.25) is 0 Å². The Bertz CT molecular complexity index is 602. The molecule has 0 bridgehead atoms. The quantitative estimate of drug-likeness (QED) is 0.511. The summed E-state index contributed by atoms with van der Waals surface area (Å²) in [6.45, 7) is 1.54. The minimum Gasteiger partial charge on any atom is -0.384 e. The first-order valence-electron chi connectivity index (χ1n) is 6.55. The van der Waals surface area contributed by atoms with Gasteiger partial charge in [-0.05, 0) is 14.1 Å². The zero-order chi connectivity index (χ0) is 15.6. The summed E-state index contributed by atoms with van der Waals surface area (Å²) in [6.07, 6.45) is 3.29. The highest BCUT2D eigenvalue weighted by molar-refractivity contribution is 6.31. The zero-order valence-electron chi connectivity index (χ0n) is 12.4. The van der Waals surface area contributed by atoms with E-state index < -0.39 is 0 Å². The standard InChI is InChI=1S/C12H21ClN8/c1-19(2)4-5-21-11(9(13)7-17-21)10(18-15)8-6-16-20(3)12(8)14/h6-7,10,18H,4-5,14-15H2,1-3H3. The Hall–Kier alpha value is -1.61. The van der Waals surface area contributed by atoms with Gasteiger partial charge in [-0.15, -0.1) is 0 Å². The van der Waals surface area contributed by atoms with Crippen LogP contribution in [0.25, 0.3) is 0 Å². The highest BCUT2D eigenvalue weighted by Crippen LogP contribution is 2.30. The average Bonchev–Trinajstić information content (AvgIpc) is 2.96. The van der Waals surface area contributed by atoms with Gasteiger partial charge >= 0.3 is 0 Å². The maximum atomic E-state index is 6.28. The van der Waals surface area contributed by atoms with Crippen LogP contribution in [0.15, 0.2) is 12.4 Å². The zero-order valence-corrected chi connectivity index (χ0v) is 13.2. The second-order valence-corrected chi connectivity index (χ2v) is 5.52. The van der Waals surface area contributed by atoms with E-state index in [0.717, 1.165) is 17.8 Å². The van der Waals surface area contributed by atoms with Crippen molar-refractivity contribution >= 4 is 17.4 Å². The second-order valence-electron chi connectivity index (χ2n) is 5.11. The smallest absolute Gasteiger partial charge is 0.126 e. The molecule has 0 aliphatic carbocycles. The van der Waals surface area contributed by atoms with Crippen molar-refractivity contribution in [2.24, 2.45) is 12.9 Å². The summed E-state index contributed by atoms with van der Waals surface area (Å²) < 4.78 is 3.42. The van der Waals surface area contributed by atoms with Crippen LogP contribution in [0.4, 0.5) is 5.82 Å². The molecular formula is C12H21ClN8. The van der Waals surface area contributed by atoms with E-state index in [1.807, 2.05) is 18.8 Å². The number of hydrazine groups is 1. The van der Waals surface area contributed by atoms with E-state index in [2.05, 4.69) is 20.5 Å². The van der Waals surface area contributed by atoms with Gasteiger partial charge in [-0.3, -0.25) is 15.2 Å². The third-order valence-electron chi connectivity index (χ3n) is 3.36. The molecule has 2 heterocycles. The molecule has 2 rings (SSSR count). The largest absolute Gasteiger partial charge is 0.384 e. The lowest BCUT2D eigenvalue weighted by Crippen LogP contribution is -2.32. The van der Waals surface area contributed by atoms with Crippen molar-refractivity contribution in [2.75, 3.05) is 26.4 Å². The average molecular weight is 313 g/mol. The number of nitrogen functional groups attached to an aromatic ring is 1. The van der Waals surface area contributed by atoms with Crippen molar-refractivity contribution in [1.29, 1.82) is 0 Å². The van der Waals surface area contributed by atoms with Gasteiger partial charge in [0.15, 0.2) is 0 Å². The van der Waals surface area contributed by atoms with Crippen LogP contribution in [0.5, 0.6) is 0 Å². The Morgan fingerprint density at radius 1 is 1.38 bits per heavy atom. The molecule has 0 amide bonds. The van der Waals surface area contributed by atoms with Gasteiger partial charge in [-0.2, -0.15) is 10.2 Å². The van der Waals surface area contributed by atoms with Crippen LogP contribution in [0.3, 0.4) is 0 Å². The predicted octanol–water partition coefficient (Wildman–Crippen LogP) is -0.0335. The van der Waals surface area contributed by atoms with Crippen molar-refractivity contribution in [1.82, 2.24) is 29.9 Å². The summed E-state index contributed by atoms with van der Waals surface area (Å²) in [4.78, 5) is 2.07. The number of nitrogens with one attached hydrogen (secondary N) is 1. The van der Waals surface area contributed by atoms with Gasteiger partial charge in [-0.1, -0.05) is 11.6 Å². The molecule has 8 nitrogen and oxygen atoms in total. The van der Waals surface area contributed by atoms with Crippen molar-refractivity contribution in [2.45, 2.75) is 12.6 Å². The molecule has 1 atom stereocenters. The first-order valence-corrected chi connectivity index (χ1v) is 6.93. The fourth-order valence-electron chi connectivity index (χ4n) is 2.13. The van der Waals surface area contributed by atoms with E-state index in [9.17, 15) is 0 Å². The molecule has 21 heavy (non-hydrogen) atoms. The summed E-state index contributed by atoms with van der Waals surface area (Å²) in [5.74, 6) is 6.25. The van der Waals surface area contributed by atoms with Crippen LogP contribution in [0.2, 0.25) is 5.02 Å². The summed E-state index contributed by atoms with van der Waals surface area (Å²) in [7, 11) is 5.78. The lowest BCUT2D eigenvalue weighted by atomic mass is 10.1. The van der Waals surface area contributed by atoms with Crippen LogP contribution in [0.1, 0.15) is 17.3 Å². The fourth-order valence-corrected chi connectivity index (χ4v) is 2.38. The predicted molar refractivity (Wildman–Crippen MR) is 82.6 cm³/mol. The van der Waals surface area contributed by atoms with Gasteiger partial charge < -0.3 is 10.6 Å². The van der Waals surface area contributed by atoms with Gasteiger partial charge in [0.1, 0.15) is 5.82 Å². The van der Waals surface area contributed by atoms with Crippen molar-refractivity contribution in [3.63, 3.8) is 0 Å². The Morgan fingerprint density at radius 3 is 2.62 bits per heavy atom. The molecule has 0 aromatic carbocycles. The number of rotatable bonds is 6. The number of anilines is 1. The molecule has 2 aromatic heterocycles. The number of nitrogens with zero attached hydrogens (tertiary/aromatic N) is 5. The lowest BCUT2D eigenvalue weighted by molar-refractivity contribution is 0.365. The molecule has 0 radical (unpaired) electrons. The molecule has 1 unspecified atom stereocenters. The molecule has 0 aliphatic heterocycles. The number of halogens is 1. The molecule has 5 N–H and O–H groups in total. The van der Waals surface area contributed by atoms with Crippen LogP contribution in [0, 0.1) is 0 Å². The molecule has 0 aliphatic rings. The topological polar surface area (TPSA) is 103 Å². The number of aromatic nitrogens is 4. The van der Waals surface area contributed by atoms with Gasteiger partial charge in [-0.25, -0.2) is 5.43 Å².